The third-order valence-electron chi connectivity index (χ3n) is 3.05. The Hall–Kier alpha value is -0.710. The lowest BCUT2D eigenvalue weighted by molar-refractivity contribution is 0.0272. The first-order chi connectivity index (χ1) is 8.50. The van der Waals surface area contributed by atoms with Crippen LogP contribution in [0.4, 0.5) is 0 Å². The van der Waals surface area contributed by atoms with Crippen molar-refractivity contribution in [3.05, 3.63) is 28.8 Å². The third kappa shape index (κ3) is 3.19. The SMILES string of the molecule is CC1(NC(=O)c2cc(S)ccc2Cl)CCCOC1. The van der Waals surface area contributed by atoms with Gasteiger partial charge in [-0.3, -0.25) is 4.79 Å². The third-order valence-corrected chi connectivity index (χ3v) is 3.66. The number of halogens is 1. The van der Waals surface area contributed by atoms with Crippen LogP contribution in [0.1, 0.15) is 30.1 Å². The fourth-order valence-corrected chi connectivity index (χ4v) is 2.47. The molecule has 5 heteroatoms. The van der Waals surface area contributed by atoms with Gasteiger partial charge in [-0.1, -0.05) is 11.6 Å². The van der Waals surface area contributed by atoms with E-state index in [9.17, 15) is 4.79 Å². The summed E-state index contributed by atoms with van der Waals surface area (Å²) < 4.78 is 5.41. The Morgan fingerprint density at radius 1 is 1.56 bits per heavy atom. The molecule has 1 heterocycles. The van der Waals surface area contributed by atoms with E-state index in [4.69, 9.17) is 16.3 Å². The van der Waals surface area contributed by atoms with Crippen LogP contribution in [0.3, 0.4) is 0 Å². The predicted octanol–water partition coefficient (Wildman–Crippen LogP) is 2.93. The van der Waals surface area contributed by atoms with Crippen LogP contribution in [-0.2, 0) is 4.74 Å². The smallest absolute Gasteiger partial charge is 0.253 e. The molecule has 1 aliphatic heterocycles. The monoisotopic (exact) mass is 285 g/mol. The number of hydrogen-bond acceptors (Lipinski definition) is 3. The van der Waals surface area contributed by atoms with Crippen LogP contribution < -0.4 is 5.32 Å². The molecule has 3 nitrogen and oxygen atoms in total. The molecular weight excluding hydrogens is 270 g/mol. The minimum absolute atomic E-state index is 0.177. The van der Waals surface area contributed by atoms with Crippen LogP contribution in [-0.4, -0.2) is 24.7 Å². The minimum Gasteiger partial charge on any atom is -0.379 e. The summed E-state index contributed by atoms with van der Waals surface area (Å²) in [7, 11) is 0. The Balaban J connectivity index is 2.14. The molecule has 1 N–H and O–H groups in total. The molecule has 1 saturated heterocycles. The van der Waals surface area contributed by atoms with Gasteiger partial charge in [-0.05, 0) is 38.0 Å². The Labute approximate surface area is 117 Å². The maximum atomic E-state index is 12.2. The number of benzene rings is 1. The molecule has 1 fully saturated rings. The summed E-state index contributed by atoms with van der Waals surface area (Å²) in [5.74, 6) is -0.177. The average molecular weight is 286 g/mol. The van der Waals surface area contributed by atoms with Gasteiger partial charge in [0.05, 0.1) is 22.7 Å². The van der Waals surface area contributed by atoms with Crippen molar-refractivity contribution in [2.75, 3.05) is 13.2 Å². The van der Waals surface area contributed by atoms with Crippen LogP contribution >= 0.6 is 24.2 Å². The lowest BCUT2D eigenvalue weighted by atomic mass is 9.94. The van der Waals surface area contributed by atoms with Crippen LogP contribution in [0, 0.1) is 0 Å². The van der Waals surface area contributed by atoms with Crippen molar-refractivity contribution >= 4 is 30.1 Å². The summed E-state index contributed by atoms with van der Waals surface area (Å²) in [6.07, 6.45) is 1.87. The van der Waals surface area contributed by atoms with Crippen LogP contribution in [0.5, 0.6) is 0 Å². The highest BCUT2D eigenvalue weighted by Crippen LogP contribution is 2.23. The minimum atomic E-state index is -0.314. The van der Waals surface area contributed by atoms with Gasteiger partial charge in [0.1, 0.15) is 0 Å². The summed E-state index contributed by atoms with van der Waals surface area (Å²) >= 11 is 10.2. The Morgan fingerprint density at radius 3 is 3.00 bits per heavy atom. The van der Waals surface area contributed by atoms with E-state index in [1.54, 1.807) is 18.2 Å². The Kier molecular flexibility index (Phi) is 4.20. The molecule has 1 aromatic rings. The summed E-state index contributed by atoms with van der Waals surface area (Å²) in [6, 6.07) is 5.11. The van der Waals surface area contributed by atoms with Gasteiger partial charge in [-0.15, -0.1) is 12.6 Å². The lowest BCUT2D eigenvalue weighted by Gasteiger charge is -2.34. The van der Waals surface area contributed by atoms with Gasteiger partial charge in [0.25, 0.3) is 5.91 Å². The molecule has 1 amide bonds. The van der Waals surface area contributed by atoms with Crippen molar-refractivity contribution in [1.82, 2.24) is 5.32 Å². The first-order valence-electron chi connectivity index (χ1n) is 5.89. The summed E-state index contributed by atoms with van der Waals surface area (Å²) in [4.78, 5) is 12.9. The number of hydrogen-bond donors (Lipinski definition) is 2. The average Bonchev–Trinajstić information content (AvgIpc) is 2.32. The van der Waals surface area contributed by atoms with Crippen molar-refractivity contribution in [3.63, 3.8) is 0 Å². The van der Waals surface area contributed by atoms with Crippen LogP contribution in [0.15, 0.2) is 23.1 Å². The molecule has 0 spiro atoms. The normalized spacial score (nSPS) is 23.7. The molecule has 0 aromatic heterocycles. The standard InChI is InChI=1S/C13H16ClNO2S/c1-13(5-2-6-17-8-13)15-12(16)10-7-9(18)3-4-11(10)14/h3-4,7,18H,2,5-6,8H2,1H3,(H,15,16). The van der Waals surface area contributed by atoms with Gasteiger partial charge < -0.3 is 10.1 Å². The molecule has 1 unspecified atom stereocenters. The van der Waals surface area contributed by atoms with E-state index in [-0.39, 0.29) is 11.4 Å². The molecule has 1 aliphatic rings. The Bertz CT molecular complexity index is 458. The highest BCUT2D eigenvalue weighted by atomic mass is 35.5. The number of carbonyl (C=O) groups excluding carboxylic acids is 1. The molecule has 18 heavy (non-hydrogen) atoms. The van der Waals surface area contributed by atoms with Crippen molar-refractivity contribution in [2.45, 2.75) is 30.2 Å². The van der Waals surface area contributed by atoms with Crippen molar-refractivity contribution < 1.29 is 9.53 Å². The van der Waals surface area contributed by atoms with Gasteiger partial charge in [0, 0.05) is 11.5 Å². The second-order valence-corrected chi connectivity index (χ2v) is 5.76. The quantitative estimate of drug-likeness (QED) is 0.820. The first kappa shape index (κ1) is 13.7. The highest BCUT2D eigenvalue weighted by Gasteiger charge is 2.30. The molecule has 0 radical (unpaired) electrons. The number of thiol groups is 1. The number of amides is 1. The molecule has 1 atom stereocenters. The zero-order valence-electron chi connectivity index (χ0n) is 10.2. The fourth-order valence-electron chi connectivity index (χ4n) is 2.06. The second kappa shape index (κ2) is 5.51. The van der Waals surface area contributed by atoms with Crippen LogP contribution in [0.25, 0.3) is 0 Å². The Morgan fingerprint density at radius 2 is 2.33 bits per heavy atom. The summed E-state index contributed by atoms with van der Waals surface area (Å²) in [5, 5.41) is 3.43. The van der Waals surface area contributed by atoms with Gasteiger partial charge in [0.15, 0.2) is 0 Å². The summed E-state index contributed by atoms with van der Waals surface area (Å²) in [6.45, 7) is 3.29. The van der Waals surface area contributed by atoms with E-state index < -0.39 is 0 Å². The molecule has 0 bridgehead atoms. The molecule has 0 saturated carbocycles. The van der Waals surface area contributed by atoms with E-state index in [0.29, 0.717) is 17.2 Å². The van der Waals surface area contributed by atoms with E-state index in [1.807, 2.05) is 6.92 Å². The van der Waals surface area contributed by atoms with Crippen molar-refractivity contribution in [1.29, 1.82) is 0 Å². The van der Waals surface area contributed by atoms with Crippen molar-refractivity contribution in [2.24, 2.45) is 0 Å². The van der Waals surface area contributed by atoms with Gasteiger partial charge in [0.2, 0.25) is 0 Å². The lowest BCUT2D eigenvalue weighted by Crippen LogP contribution is -2.51. The van der Waals surface area contributed by atoms with E-state index >= 15 is 0 Å². The van der Waals surface area contributed by atoms with Gasteiger partial charge in [-0.25, -0.2) is 0 Å². The largest absolute Gasteiger partial charge is 0.379 e. The zero-order chi connectivity index (χ0) is 13.2. The van der Waals surface area contributed by atoms with Crippen molar-refractivity contribution in [3.8, 4) is 0 Å². The number of nitrogens with one attached hydrogen (secondary N) is 1. The van der Waals surface area contributed by atoms with Crippen LogP contribution in [0.2, 0.25) is 5.02 Å². The fraction of sp³-hybridized carbons (Fsp3) is 0.462. The number of carbonyl (C=O) groups is 1. The van der Waals surface area contributed by atoms with E-state index in [1.165, 1.54) is 0 Å². The number of rotatable bonds is 2. The molecular formula is C13H16ClNO2S. The van der Waals surface area contributed by atoms with E-state index in [0.717, 1.165) is 24.3 Å². The zero-order valence-corrected chi connectivity index (χ0v) is 11.9. The maximum Gasteiger partial charge on any atom is 0.253 e. The topological polar surface area (TPSA) is 38.3 Å². The van der Waals surface area contributed by atoms with Gasteiger partial charge >= 0.3 is 0 Å². The van der Waals surface area contributed by atoms with Gasteiger partial charge in [-0.2, -0.15) is 0 Å². The summed E-state index contributed by atoms with van der Waals surface area (Å²) in [5.41, 5.74) is 0.140. The molecule has 1 aromatic carbocycles. The predicted molar refractivity (Wildman–Crippen MR) is 74.6 cm³/mol. The number of ether oxygens (including phenoxy) is 1. The molecule has 98 valence electrons. The molecule has 0 aliphatic carbocycles. The maximum absolute atomic E-state index is 12.2. The molecule has 2 rings (SSSR count). The highest BCUT2D eigenvalue weighted by molar-refractivity contribution is 7.80. The second-order valence-electron chi connectivity index (χ2n) is 4.84. The first-order valence-corrected chi connectivity index (χ1v) is 6.71. The van der Waals surface area contributed by atoms with E-state index in [2.05, 4.69) is 17.9 Å².